The summed E-state index contributed by atoms with van der Waals surface area (Å²) in [5, 5.41) is 0. The number of benzene rings is 1. The van der Waals surface area contributed by atoms with Gasteiger partial charge in [0.1, 0.15) is 0 Å². The van der Waals surface area contributed by atoms with E-state index < -0.39 is 18.4 Å². The Morgan fingerprint density at radius 3 is 2.40 bits per heavy atom. The Labute approximate surface area is 186 Å². The molecule has 1 heterocycles. The van der Waals surface area contributed by atoms with Crippen molar-refractivity contribution in [3.8, 4) is 11.5 Å². The van der Waals surface area contributed by atoms with Crippen molar-refractivity contribution in [3.63, 3.8) is 0 Å². The molecule has 0 aliphatic carbocycles. The van der Waals surface area contributed by atoms with Crippen LogP contribution in [0.3, 0.4) is 0 Å². The maximum absolute atomic E-state index is 11.3. The summed E-state index contributed by atoms with van der Waals surface area (Å²) < 4.78 is 26.2. The van der Waals surface area contributed by atoms with Gasteiger partial charge in [0.05, 0.1) is 7.11 Å². The van der Waals surface area contributed by atoms with Crippen molar-refractivity contribution < 1.29 is 23.7 Å². The van der Waals surface area contributed by atoms with Crippen LogP contribution < -0.4 is 9.47 Å². The van der Waals surface area contributed by atoms with Crippen LogP contribution in [0.5, 0.6) is 11.5 Å². The first kappa shape index (κ1) is 25.2. The third kappa shape index (κ3) is 6.47. The summed E-state index contributed by atoms with van der Waals surface area (Å²) in [5.41, 5.74) is 2.26. The molecule has 5 atom stereocenters. The molecule has 1 saturated heterocycles. The van der Waals surface area contributed by atoms with E-state index in [1.54, 1.807) is 14.2 Å². The zero-order valence-electron chi connectivity index (χ0n) is 19.7. The standard InChI is InChI=1S/C21H29O5.3CH3.Sn/c1-13(2)20-15(4)21(14(3)18(26-20)9-10-22)25-12-16-7-8-17(23-5)11-19(16)24-6;;;;/h1,7-8,10-11,14-15,18,20-21H,9,12H2,2-6H3;3*1H3;/t14-,15-,18+,20-,21-;;;;/m0..../s1. The number of carbonyl (C=O) groups is 1. The Morgan fingerprint density at radius 2 is 1.83 bits per heavy atom. The van der Waals surface area contributed by atoms with Gasteiger partial charge in [-0.25, -0.2) is 0 Å². The summed E-state index contributed by atoms with van der Waals surface area (Å²) >= 11 is -2.13. The van der Waals surface area contributed by atoms with Crippen molar-refractivity contribution in [2.24, 2.45) is 11.8 Å². The van der Waals surface area contributed by atoms with E-state index >= 15 is 0 Å². The molecule has 30 heavy (non-hydrogen) atoms. The molecule has 168 valence electrons. The molecule has 1 aromatic carbocycles. The van der Waals surface area contributed by atoms with Crippen LogP contribution in [0.25, 0.3) is 0 Å². The Bertz CT molecular complexity index is 740. The number of hydrogen-bond acceptors (Lipinski definition) is 5. The van der Waals surface area contributed by atoms with E-state index in [1.807, 2.05) is 18.2 Å². The van der Waals surface area contributed by atoms with E-state index in [1.165, 1.54) is 5.57 Å². The average Bonchev–Trinajstić information content (AvgIpc) is 2.68. The topological polar surface area (TPSA) is 54.0 Å². The molecule has 0 radical (unpaired) electrons. The first-order chi connectivity index (χ1) is 14.1. The van der Waals surface area contributed by atoms with Gasteiger partial charge >= 0.3 is 179 Å². The molecule has 0 aromatic heterocycles. The molecule has 2 rings (SSSR count). The minimum atomic E-state index is -2.13. The van der Waals surface area contributed by atoms with Crippen LogP contribution in [0.2, 0.25) is 14.8 Å². The second-order valence-corrected chi connectivity index (χ2v) is 23.8. The molecule has 6 heteroatoms. The molecule has 0 saturated carbocycles. The molecule has 0 bridgehead atoms. The third-order valence-electron chi connectivity index (χ3n) is 5.79. The Kier molecular flexibility index (Phi) is 9.25. The molecule has 1 fully saturated rings. The first-order valence-corrected chi connectivity index (χ1v) is 20.9. The van der Waals surface area contributed by atoms with Gasteiger partial charge in [-0.2, -0.15) is 0 Å². The monoisotopic (exact) mass is 526 g/mol. The number of aldehydes is 1. The third-order valence-corrected chi connectivity index (χ3v) is 9.56. The molecule has 1 aromatic rings. The van der Waals surface area contributed by atoms with Gasteiger partial charge in [-0.05, 0) is 0 Å². The summed E-state index contributed by atoms with van der Waals surface area (Å²) in [7, 11) is 3.29. The number of rotatable bonds is 9. The van der Waals surface area contributed by atoms with Crippen LogP contribution in [0.4, 0.5) is 0 Å². The molecule has 0 spiro atoms. The quantitative estimate of drug-likeness (QED) is 0.334. The van der Waals surface area contributed by atoms with Crippen molar-refractivity contribution in [1.82, 2.24) is 0 Å². The van der Waals surface area contributed by atoms with Gasteiger partial charge in [0.2, 0.25) is 0 Å². The fourth-order valence-corrected chi connectivity index (χ4v) is 8.78. The van der Waals surface area contributed by atoms with Crippen LogP contribution in [0.15, 0.2) is 27.9 Å². The number of ether oxygens (including phenoxy) is 4. The van der Waals surface area contributed by atoms with Crippen molar-refractivity contribution in [3.05, 3.63) is 33.4 Å². The summed E-state index contributed by atoms with van der Waals surface area (Å²) in [6, 6.07) is 5.77. The van der Waals surface area contributed by atoms with Gasteiger partial charge in [-0.15, -0.1) is 0 Å². The van der Waals surface area contributed by atoms with Crippen molar-refractivity contribution in [1.29, 1.82) is 0 Å². The van der Waals surface area contributed by atoms with E-state index in [2.05, 4.69) is 39.7 Å². The molecule has 0 amide bonds. The van der Waals surface area contributed by atoms with Gasteiger partial charge < -0.3 is 0 Å². The van der Waals surface area contributed by atoms with Crippen molar-refractivity contribution in [2.45, 2.75) is 66.9 Å². The number of methoxy groups -OCH3 is 2. The number of hydrogen-bond donors (Lipinski definition) is 0. The second-order valence-electron chi connectivity index (χ2n) is 9.42. The molecule has 1 aliphatic heterocycles. The van der Waals surface area contributed by atoms with Crippen molar-refractivity contribution >= 4 is 24.7 Å². The van der Waals surface area contributed by atoms with Gasteiger partial charge in [-0.1, -0.05) is 0 Å². The molecule has 0 N–H and O–H groups in total. The van der Waals surface area contributed by atoms with E-state index in [9.17, 15) is 4.79 Å². The normalized spacial score (nSPS) is 27.6. The second kappa shape index (κ2) is 11.0. The van der Waals surface area contributed by atoms with E-state index in [4.69, 9.17) is 18.9 Å². The van der Waals surface area contributed by atoms with E-state index in [-0.39, 0.29) is 30.1 Å². The maximum atomic E-state index is 11.3. The van der Waals surface area contributed by atoms with Gasteiger partial charge in [0, 0.05) is 0 Å². The summed E-state index contributed by atoms with van der Waals surface area (Å²) in [6.45, 7) is 6.93. The average molecular weight is 525 g/mol. The van der Waals surface area contributed by atoms with E-state index in [0.29, 0.717) is 13.0 Å². The molecule has 1 aliphatic rings. The first-order valence-electron chi connectivity index (χ1n) is 10.7. The summed E-state index contributed by atoms with van der Waals surface area (Å²) in [5.74, 6) is 1.82. The van der Waals surface area contributed by atoms with Gasteiger partial charge in [0.15, 0.2) is 0 Å². The Morgan fingerprint density at radius 1 is 1.13 bits per heavy atom. The predicted octanol–water partition coefficient (Wildman–Crippen LogP) is 5.04. The van der Waals surface area contributed by atoms with Crippen LogP contribution in [0, 0.1) is 11.8 Å². The summed E-state index contributed by atoms with van der Waals surface area (Å²) in [4.78, 5) is 18.5. The SMILES string of the molecule is COc1ccc(CO[C@H]2[C@@H](C)[C@@H](CC=O)O[C@@H](/C(C)=[CH]/[Sn]([CH3])([CH3])[CH3])[C@@H]2C)c(OC)c1. The van der Waals surface area contributed by atoms with Crippen LogP contribution in [-0.2, 0) is 20.9 Å². The Balaban J connectivity index is 2.25. The summed E-state index contributed by atoms with van der Waals surface area (Å²) in [6.07, 6.45) is 1.18. The van der Waals surface area contributed by atoms with Crippen LogP contribution >= 0.6 is 0 Å². The minimum absolute atomic E-state index is 0.0148. The van der Waals surface area contributed by atoms with Gasteiger partial charge in [-0.3, -0.25) is 0 Å². The van der Waals surface area contributed by atoms with Crippen molar-refractivity contribution in [2.75, 3.05) is 14.2 Å². The molecule has 5 nitrogen and oxygen atoms in total. The molecule has 0 unspecified atom stereocenters. The number of carbonyl (C=O) groups excluding carboxylic acids is 1. The molecular weight excluding hydrogens is 487 g/mol. The van der Waals surface area contributed by atoms with Gasteiger partial charge in [0.25, 0.3) is 0 Å². The zero-order valence-corrected chi connectivity index (χ0v) is 22.6. The Hall–Kier alpha value is -1.05. The molecular formula is C24H38O5Sn. The fraction of sp³-hybridized carbons (Fsp3) is 0.625. The van der Waals surface area contributed by atoms with Crippen LogP contribution in [-0.4, -0.2) is 57.2 Å². The zero-order chi connectivity index (χ0) is 22.5. The predicted molar refractivity (Wildman–Crippen MR) is 123 cm³/mol. The van der Waals surface area contributed by atoms with E-state index in [0.717, 1.165) is 23.3 Å². The fourth-order valence-electron chi connectivity index (χ4n) is 4.41. The van der Waals surface area contributed by atoms with Crippen LogP contribution in [0.1, 0.15) is 32.8 Å².